The first-order valence-electron chi connectivity index (χ1n) is 7.70. The second-order valence-corrected chi connectivity index (χ2v) is 5.84. The summed E-state index contributed by atoms with van der Waals surface area (Å²) in [7, 11) is 0. The molecule has 4 heteroatoms. The van der Waals surface area contributed by atoms with Crippen LogP contribution in [0.25, 0.3) is 0 Å². The van der Waals surface area contributed by atoms with Crippen LogP contribution in [0.15, 0.2) is 0 Å². The van der Waals surface area contributed by atoms with Crippen LogP contribution in [0.2, 0.25) is 0 Å². The number of carbonyl (C=O) groups is 1. The van der Waals surface area contributed by atoms with Gasteiger partial charge in [-0.25, -0.2) is 0 Å². The maximum absolute atomic E-state index is 11.5. The number of primary amides is 1. The molecule has 1 amide bonds. The van der Waals surface area contributed by atoms with Gasteiger partial charge in [0.2, 0.25) is 5.91 Å². The van der Waals surface area contributed by atoms with E-state index in [1.807, 2.05) is 13.8 Å². The molecule has 1 saturated carbocycles. The monoisotopic (exact) mass is 270 g/mol. The number of nitrogens with one attached hydrogen (secondary N) is 1. The topological polar surface area (TPSA) is 64.3 Å². The standard InChI is InChI=1S/C15H30N2O2/c1-4-12-8-6-7-9-13(12)19-11-10-15(3,14(16)18)17-5-2/h12-13,17H,4-11H2,1-3H3,(H2,16,18). The first-order valence-corrected chi connectivity index (χ1v) is 7.70. The normalized spacial score (nSPS) is 26.9. The first-order chi connectivity index (χ1) is 9.03. The lowest BCUT2D eigenvalue weighted by Crippen LogP contribution is -2.53. The predicted molar refractivity (Wildman–Crippen MR) is 77.9 cm³/mol. The fourth-order valence-corrected chi connectivity index (χ4v) is 2.96. The molecule has 112 valence electrons. The van der Waals surface area contributed by atoms with Crippen molar-refractivity contribution in [1.82, 2.24) is 5.32 Å². The minimum Gasteiger partial charge on any atom is -0.378 e. The third kappa shape index (κ3) is 4.77. The maximum atomic E-state index is 11.5. The molecule has 3 unspecified atom stereocenters. The molecule has 0 heterocycles. The van der Waals surface area contributed by atoms with Gasteiger partial charge in [-0.3, -0.25) is 4.79 Å². The Labute approximate surface area is 117 Å². The summed E-state index contributed by atoms with van der Waals surface area (Å²) >= 11 is 0. The summed E-state index contributed by atoms with van der Waals surface area (Å²) < 4.78 is 6.03. The predicted octanol–water partition coefficient (Wildman–Crippen LogP) is 2.22. The second kappa shape index (κ2) is 7.85. The Bertz CT molecular complexity index is 283. The van der Waals surface area contributed by atoms with Crippen LogP contribution in [0.4, 0.5) is 0 Å². The van der Waals surface area contributed by atoms with Crippen LogP contribution in [0.3, 0.4) is 0 Å². The Balaban J connectivity index is 2.40. The Morgan fingerprint density at radius 2 is 2.05 bits per heavy atom. The SMILES string of the molecule is CCNC(C)(CCOC1CCCCC1CC)C(N)=O. The lowest BCUT2D eigenvalue weighted by Gasteiger charge is -2.32. The molecule has 0 aromatic carbocycles. The van der Waals surface area contributed by atoms with Crippen LogP contribution in [0, 0.1) is 5.92 Å². The Hall–Kier alpha value is -0.610. The summed E-state index contributed by atoms with van der Waals surface area (Å²) in [6, 6.07) is 0. The first kappa shape index (κ1) is 16.4. The molecule has 3 N–H and O–H groups in total. The zero-order chi connectivity index (χ0) is 14.3. The third-order valence-corrected chi connectivity index (χ3v) is 4.41. The molecule has 4 nitrogen and oxygen atoms in total. The summed E-state index contributed by atoms with van der Waals surface area (Å²) in [5, 5.41) is 3.17. The zero-order valence-corrected chi connectivity index (χ0v) is 12.7. The van der Waals surface area contributed by atoms with E-state index in [0.29, 0.717) is 25.0 Å². The summed E-state index contributed by atoms with van der Waals surface area (Å²) in [5.74, 6) is 0.390. The number of amides is 1. The van der Waals surface area contributed by atoms with Crippen LogP contribution in [0.5, 0.6) is 0 Å². The second-order valence-electron chi connectivity index (χ2n) is 5.84. The van der Waals surface area contributed by atoms with Crippen LogP contribution in [0.1, 0.15) is 59.3 Å². The van der Waals surface area contributed by atoms with E-state index in [9.17, 15) is 4.79 Å². The van der Waals surface area contributed by atoms with Crippen molar-refractivity contribution in [3.8, 4) is 0 Å². The van der Waals surface area contributed by atoms with Crippen molar-refractivity contribution in [2.45, 2.75) is 70.9 Å². The van der Waals surface area contributed by atoms with E-state index in [1.54, 1.807) is 0 Å². The number of hydrogen-bond acceptors (Lipinski definition) is 3. The molecular formula is C15H30N2O2. The molecule has 3 atom stereocenters. The van der Waals surface area contributed by atoms with E-state index >= 15 is 0 Å². The van der Waals surface area contributed by atoms with Gasteiger partial charge in [0.05, 0.1) is 11.6 Å². The summed E-state index contributed by atoms with van der Waals surface area (Å²) in [4.78, 5) is 11.5. The van der Waals surface area contributed by atoms with Crippen LogP contribution < -0.4 is 11.1 Å². The average Bonchev–Trinajstić information content (AvgIpc) is 2.39. The number of carbonyl (C=O) groups excluding carboxylic acids is 1. The van der Waals surface area contributed by atoms with Gasteiger partial charge in [0.1, 0.15) is 0 Å². The molecule has 1 rings (SSSR count). The van der Waals surface area contributed by atoms with Gasteiger partial charge < -0.3 is 15.8 Å². The molecule has 0 aromatic rings. The molecule has 0 spiro atoms. The number of hydrogen-bond donors (Lipinski definition) is 2. The van der Waals surface area contributed by atoms with Crippen molar-refractivity contribution in [1.29, 1.82) is 0 Å². The van der Waals surface area contributed by atoms with Crippen LogP contribution in [-0.2, 0) is 9.53 Å². The third-order valence-electron chi connectivity index (χ3n) is 4.41. The zero-order valence-electron chi connectivity index (χ0n) is 12.7. The molecule has 0 aliphatic heterocycles. The van der Waals surface area contributed by atoms with Gasteiger partial charge in [-0.1, -0.05) is 33.1 Å². The lowest BCUT2D eigenvalue weighted by molar-refractivity contribution is -0.125. The minimum atomic E-state index is -0.648. The van der Waals surface area contributed by atoms with E-state index in [0.717, 1.165) is 13.0 Å². The average molecular weight is 270 g/mol. The van der Waals surface area contributed by atoms with E-state index in [-0.39, 0.29) is 5.91 Å². The molecule has 0 radical (unpaired) electrons. The van der Waals surface area contributed by atoms with E-state index < -0.39 is 5.54 Å². The number of likely N-dealkylation sites (N-methyl/N-ethyl adjacent to an activating group) is 1. The molecule has 1 aliphatic rings. The molecule has 0 bridgehead atoms. The van der Waals surface area contributed by atoms with Crippen molar-refractivity contribution >= 4 is 5.91 Å². The van der Waals surface area contributed by atoms with Crippen molar-refractivity contribution in [3.05, 3.63) is 0 Å². The molecule has 1 fully saturated rings. The fraction of sp³-hybridized carbons (Fsp3) is 0.933. The summed E-state index contributed by atoms with van der Waals surface area (Å²) in [5.41, 5.74) is 4.83. The lowest BCUT2D eigenvalue weighted by atomic mass is 9.84. The molecule has 19 heavy (non-hydrogen) atoms. The number of ether oxygens (including phenoxy) is 1. The number of nitrogens with two attached hydrogens (primary N) is 1. The summed E-state index contributed by atoms with van der Waals surface area (Å²) in [6.45, 7) is 7.42. The van der Waals surface area contributed by atoms with Gasteiger partial charge >= 0.3 is 0 Å². The van der Waals surface area contributed by atoms with Crippen LogP contribution in [-0.4, -0.2) is 30.7 Å². The highest BCUT2D eigenvalue weighted by Crippen LogP contribution is 2.29. The fourth-order valence-electron chi connectivity index (χ4n) is 2.96. The van der Waals surface area contributed by atoms with E-state index in [4.69, 9.17) is 10.5 Å². The largest absolute Gasteiger partial charge is 0.378 e. The highest BCUT2D eigenvalue weighted by molar-refractivity contribution is 5.84. The van der Waals surface area contributed by atoms with Gasteiger partial charge in [0.15, 0.2) is 0 Å². The van der Waals surface area contributed by atoms with Gasteiger partial charge in [0, 0.05) is 6.61 Å². The molecular weight excluding hydrogens is 240 g/mol. The minimum absolute atomic E-state index is 0.298. The smallest absolute Gasteiger partial charge is 0.237 e. The van der Waals surface area contributed by atoms with E-state index in [1.165, 1.54) is 25.7 Å². The summed E-state index contributed by atoms with van der Waals surface area (Å²) in [6.07, 6.45) is 7.23. The van der Waals surface area contributed by atoms with Gasteiger partial charge in [-0.15, -0.1) is 0 Å². The van der Waals surface area contributed by atoms with Crippen molar-refractivity contribution in [3.63, 3.8) is 0 Å². The Morgan fingerprint density at radius 3 is 2.63 bits per heavy atom. The van der Waals surface area contributed by atoms with E-state index in [2.05, 4.69) is 12.2 Å². The Morgan fingerprint density at radius 1 is 1.37 bits per heavy atom. The van der Waals surface area contributed by atoms with Crippen LogP contribution >= 0.6 is 0 Å². The van der Waals surface area contributed by atoms with Crippen molar-refractivity contribution in [2.75, 3.05) is 13.2 Å². The van der Waals surface area contributed by atoms with Gasteiger partial charge in [-0.2, -0.15) is 0 Å². The van der Waals surface area contributed by atoms with Gasteiger partial charge in [-0.05, 0) is 38.6 Å². The van der Waals surface area contributed by atoms with Crippen molar-refractivity contribution < 1.29 is 9.53 Å². The molecule has 0 aromatic heterocycles. The highest BCUT2D eigenvalue weighted by Gasteiger charge is 2.31. The molecule has 1 aliphatic carbocycles. The quantitative estimate of drug-likeness (QED) is 0.711. The van der Waals surface area contributed by atoms with Crippen molar-refractivity contribution in [2.24, 2.45) is 11.7 Å². The highest BCUT2D eigenvalue weighted by atomic mass is 16.5. The van der Waals surface area contributed by atoms with Gasteiger partial charge in [0.25, 0.3) is 0 Å². The Kier molecular flexibility index (Phi) is 6.80. The number of rotatable bonds is 8. The maximum Gasteiger partial charge on any atom is 0.237 e. The molecule has 0 saturated heterocycles.